The van der Waals surface area contributed by atoms with Gasteiger partial charge in [0.25, 0.3) is 0 Å². The van der Waals surface area contributed by atoms with E-state index in [1.165, 1.54) is 50.3 Å². The minimum atomic E-state index is -0.909. The summed E-state index contributed by atoms with van der Waals surface area (Å²) in [5.74, 6) is 0. The second kappa shape index (κ2) is 12.0. The zero-order chi connectivity index (χ0) is 13.0. The molecular weight excluding hydrogens is 291 g/mol. The summed E-state index contributed by atoms with van der Waals surface area (Å²) in [5.41, 5.74) is 0. The molecule has 0 aliphatic heterocycles. The van der Waals surface area contributed by atoms with Crippen molar-refractivity contribution >= 4 is 23.2 Å². The van der Waals surface area contributed by atoms with E-state index in [0.717, 1.165) is 0 Å². The van der Waals surface area contributed by atoms with Gasteiger partial charge in [0.2, 0.25) is 0 Å². The van der Waals surface area contributed by atoms with Crippen LogP contribution in [0.5, 0.6) is 0 Å². The van der Waals surface area contributed by atoms with E-state index in [-0.39, 0.29) is 0 Å². The molecule has 0 rings (SSSR count). The van der Waals surface area contributed by atoms with Crippen molar-refractivity contribution in [3.8, 4) is 0 Å². The SMILES string of the molecule is CCCC[PH](CCCC)(CCCC)CCCBr. The third-order valence-corrected chi connectivity index (χ3v) is 10.2. The molecule has 0 aromatic carbocycles. The van der Waals surface area contributed by atoms with Crippen LogP contribution in [0.25, 0.3) is 0 Å². The van der Waals surface area contributed by atoms with E-state index in [2.05, 4.69) is 36.7 Å². The Morgan fingerprint density at radius 1 is 0.647 bits per heavy atom. The number of hydrogen-bond acceptors (Lipinski definition) is 0. The molecule has 0 unspecified atom stereocenters. The second-order valence-electron chi connectivity index (χ2n) is 5.60. The normalized spacial score (nSPS) is 12.9. The Morgan fingerprint density at radius 2 is 1.00 bits per heavy atom. The van der Waals surface area contributed by atoms with E-state index >= 15 is 0 Å². The van der Waals surface area contributed by atoms with Crippen LogP contribution in [0.15, 0.2) is 0 Å². The van der Waals surface area contributed by atoms with E-state index in [0.29, 0.717) is 0 Å². The summed E-state index contributed by atoms with van der Waals surface area (Å²) in [7, 11) is -0.909. The Bertz CT molecular complexity index is 121. The van der Waals surface area contributed by atoms with E-state index < -0.39 is 7.26 Å². The molecule has 0 fully saturated rings. The molecule has 0 aliphatic carbocycles. The topological polar surface area (TPSA) is 0 Å². The fourth-order valence-corrected chi connectivity index (χ4v) is 9.38. The van der Waals surface area contributed by atoms with Gasteiger partial charge in [-0.05, 0) is 0 Å². The predicted molar refractivity (Wildman–Crippen MR) is 90.9 cm³/mol. The Morgan fingerprint density at radius 3 is 1.29 bits per heavy atom. The number of alkyl halides is 1. The molecule has 2 heteroatoms. The Balaban J connectivity index is 4.39. The molecule has 0 aromatic rings. The van der Waals surface area contributed by atoms with Crippen molar-refractivity contribution in [3.05, 3.63) is 0 Å². The van der Waals surface area contributed by atoms with Gasteiger partial charge in [0, 0.05) is 0 Å². The van der Waals surface area contributed by atoms with Crippen LogP contribution in [0.3, 0.4) is 0 Å². The van der Waals surface area contributed by atoms with E-state index in [4.69, 9.17) is 0 Å². The van der Waals surface area contributed by atoms with Crippen LogP contribution in [0, 0.1) is 0 Å². The van der Waals surface area contributed by atoms with Crippen LogP contribution in [0.2, 0.25) is 0 Å². The molecule has 0 atom stereocenters. The van der Waals surface area contributed by atoms with Gasteiger partial charge in [-0.3, -0.25) is 0 Å². The van der Waals surface area contributed by atoms with Gasteiger partial charge in [0.1, 0.15) is 0 Å². The van der Waals surface area contributed by atoms with Crippen molar-refractivity contribution < 1.29 is 0 Å². The molecule has 0 nitrogen and oxygen atoms in total. The summed E-state index contributed by atoms with van der Waals surface area (Å²) in [6.07, 6.45) is 16.5. The molecular formula is C15H34BrP. The molecule has 17 heavy (non-hydrogen) atoms. The summed E-state index contributed by atoms with van der Waals surface area (Å²) in [6.45, 7) is 7.05. The van der Waals surface area contributed by atoms with Crippen LogP contribution >= 0.6 is 23.2 Å². The average Bonchev–Trinajstić information content (AvgIpc) is 2.37. The molecule has 0 spiro atoms. The first-order chi connectivity index (χ1) is 8.24. The summed E-state index contributed by atoms with van der Waals surface area (Å²) < 4.78 is 0. The number of rotatable bonds is 12. The van der Waals surface area contributed by atoms with E-state index in [1.54, 1.807) is 24.6 Å². The molecule has 0 radical (unpaired) electrons. The van der Waals surface area contributed by atoms with Crippen LogP contribution in [0.1, 0.15) is 65.7 Å². The molecule has 106 valence electrons. The van der Waals surface area contributed by atoms with Gasteiger partial charge in [-0.25, -0.2) is 0 Å². The maximum absolute atomic E-state index is 3.63. The number of unbranched alkanes of at least 4 members (excludes halogenated alkanes) is 3. The quantitative estimate of drug-likeness (QED) is 0.308. The zero-order valence-electron chi connectivity index (χ0n) is 12.4. The van der Waals surface area contributed by atoms with E-state index in [1.807, 2.05) is 0 Å². The van der Waals surface area contributed by atoms with Crippen molar-refractivity contribution in [1.29, 1.82) is 0 Å². The van der Waals surface area contributed by atoms with Gasteiger partial charge in [-0.1, -0.05) is 0 Å². The standard InChI is InChI=1S/C15H34BrP/c1-4-7-12-17(13-8-5-2,14-9-6-3)15-10-11-16/h17H,4-15H2,1-3H3. The number of hydrogen-bond donors (Lipinski definition) is 0. The van der Waals surface area contributed by atoms with Gasteiger partial charge in [-0.15, -0.1) is 0 Å². The number of halogens is 1. The van der Waals surface area contributed by atoms with Gasteiger partial charge < -0.3 is 0 Å². The van der Waals surface area contributed by atoms with Crippen molar-refractivity contribution in [2.45, 2.75) is 65.7 Å². The van der Waals surface area contributed by atoms with Gasteiger partial charge in [-0.2, -0.15) is 0 Å². The van der Waals surface area contributed by atoms with Crippen LogP contribution in [-0.2, 0) is 0 Å². The first-order valence-corrected chi connectivity index (χ1v) is 11.8. The van der Waals surface area contributed by atoms with Crippen LogP contribution < -0.4 is 0 Å². The first-order valence-electron chi connectivity index (χ1n) is 7.80. The molecule has 0 bridgehead atoms. The molecule has 0 amide bonds. The molecule has 0 N–H and O–H groups in total. The molecule has 0 saturated carbocycles. The third-order valence-electron chi connectivity index (χ3n) is 4.02. The summed E-state index contributed by atoms with van der Waals surface area (Å²) in [5, 5.41) is 1.21. The Hall–Kier alpha value is 0.910. The van der Waals surface area contributed by atoms with Crippen molar-refractivity contribution in [2.24, 2.45) is 0 Å². The predicted octanol–water partition coefficient (Wildman–Crippen LogP) is 5.92. The molecule has 0 heterocycles. The fraction of sp³-hybridized carbons (Fsp3) is 1.00. The molecule has 0 saturated heterocycles. The first kappa shape index (κ1) is 17.9. The maximum atomic E-state index is 3.63. The molecule has 0 aliphatic rings. The van der Waals surface area contributed by atoms with Crippen molar-refractivity contribution in [3.63, 3.8) is 0 Å². The minimum absolute atomic E-state index is 0.909. The monoisotopic (exact) mass is 324 g/mol. The van der Waals surface area contributed by atoms with Gasteiger partial charge >= 0.3 is 119 Å². The van der Waals surface area contributed by atoms with Gasteiger partial charge in [0.05, 0.1) is 0 Å². The van der Waals surface area contributed by atoms with Crippen LogP contribution in [-0.4, -0.2) is 30.0 Å². The van der Waals surface area contributed by atoms with Crippen molar-refractivity contribution in [2.75, 3.05) is 30.0 Å². The van der Waals surface area contributed by atoms with Crippen molar-refractivity contribution in [1.82, 2.24) is 0 Å². The fourth-order valence-electron chi connectivity index (χ4n) is 2.85. The summed E-state index contributed by atoms with van der Waals surface area (Å²) in [6, 6.07) is 0. The third kappa shape index (κ3) is 8.60. The zero-order valence-corrected chi connectivity index (χ0v) is 14.9. The summed E-state index contributed by atoms with van der Waals surface area (Å²) >= 11 is 3.63. The average molecular weight is 325 g/mol. The molecule has 0 aromatic heterocycles. The summed E-state index contributed by atoms with van der Waals surface area (Å²) in [4.78, 5) is 0. The van der Waals surface area contributed by atoms with Gasteiger partial charge in [0.15, 0.2) is 0 Å². The van der Waals surface area contributed by atoms with Crippen LogP contribution in [0.4, 0.5) is 0 Å². The second-order valence-corrected chi connectivity index (χ2v) is 11.4. The van der Waals surface area contributed by atoms with E-state index in [9.17, 15) is 0 Å². The Labute approximate surface area is 119 Å². The Kier molecular flexibility index (Phi) is 12.6.